The lowest BCUT2D eigenvalue weighted by Crippen LogP contribution is -2.35. The molecule has 3 aromatic rings. The van der Waals surface area contributed by atoms with E-state index in [1.807, 2.05) is 38.2 Å². The number of carbonyl (C=O) groups excluding carboxylic acids is 1. The number of aryl methyl sites for hydroxylation is 1. The van der Waals surface area contributed by atoms with Gasteiger partial charge < -0.3 is 15.8 Å². The van der Waals surface area contributed by atoms with Crippen LogP contribution in [0.5, 0.6) is 5.75 Å². The number of urea groups is 1. The number of amides is 2. The Morgan fingerprint density at radius 2 is 2.06 bits per heavy atom. The van der Waals surface area contributed by atoms with E-state index in [2.05, 4.69) is 28.3 Å². The first-order valence-corrected chi connectivity index (χ1v) is 10.7. The molecule has 8 heteroatoms. The lowest BCUT2D eigenvalue weighted by atomic mass is 10.0. The highest BCUT2D eigenvalue weighted by Gasteiger charge is 2.18. The lowest BCUT2D eigenvalue weighted by molar-refractivity contribution is 0.254. The Morgan fingerprint density at radius 3 is 2.69 bits per heavy atom. The number of primary amides is 1. The van der Waals surface area contributed by atoms with Crippen LogP contribution in [0, 0.1) is 6.92 Å². The molecule has 1 atom stereocenters. The molecule has 0 aliphatic heterocycles. The number of methoxy groups -OCH3 is 1. The molecule has 32 heavy (non-hydrogen) atoms. The Balaban J connectivity index is 1.95. The van der Waals surface area contributed by atoms with Crippen molar-refractivity contribution >= 4 is 17.5 Å². The molecule has 0 aliphatic carbocycles. The number of pyridine rings is 1. The molecule has 8 nitrogen and oxygen atoms in total. The zero-order valence-electron chi connectivity index (χ0n) is 19.0. The topological polar surface area (TPSA) is 106 Å². The van der Waals surface area contributed by atoms with Gasteiger partial charge in [0.05, 0.1) is 18.8 Å². The minimum absolute atomic E-state index is 0.0979. The predicted molar refractivity (Wildman–Crippen MR) is 127 cm³/mol. The Morgan fingerprint density at radius 1 is 1.25 bits per heavy atom. The monoisotopic (exact) mass is 434 g/mol. The second-order valence-electron chi connectivity index (χ2n) is 7.47. The van der Waals surface area contributed by atoms with Gasteiger partial charge in [0.15, 0.2) is 5.82 Å². The van der Waals surface area contributed by atoms with Crippen LogP contribution in [-0.4, -0.2) is 34.6 Å². The van der Waals surface area contributed by atoms with E-state index in [9.17, 15) is 4.79 Å². The fourth-order valence-electron chi connectivity index (χ4n) is 3.57. The van der Waals surface area contributed by atoms with E-state index in [4.69, 9.17) is 15.5 Å². The maximum absolute atomic E-state index is 11.8. The van der Waals surface area contributed by atoms with Crippen LogP contribution < -0.4 is 20.7 Å². The number of carbonyl (C=O) groups is 1. The Kier molecular flexibility index (Phi) is 7.59. The minimum Gasteiger partial charge on any atom is -0.495 e. The first-order valence-electron chi connectivity index (χ1n) is 10.7. The highest BCUT2D eigenvalue weighted by molar-refractivity contribution is 5.92. The number of hydrogen-bond donors (Lipinski definition) is 2. The molecular weight excluding hydrogens is 404 g/mol. The maximum Gasteiger partial charge on any atom is 0.319 e. The van der Waals surface area contributed by atoms with Gasteiger partial charge in [-0.3, -0.25) is 9.88 Å². The fraction of sp³-hybridized carbons (Fsp3) is 0.333. The van der Waals surface area contributed by atoms with E-state index >= 15 is 0 Å². The normalized spacial score (nSPS) is 11.6. The summed E-state index contributed by atoms with van der Waals surface area (Å²) in [4.78, 5) is 26.8. The number of aromatic nitrogens is 3. The number of benzene rings is 1. The van der Waals surface area contributed by atoms with Crippen LogP contribution in [0.25, 0.3) is 11.4 Å². The van der Waals surface area contributed by atoms with Gasteiger partial charge in [0, 0.05) is 36.3 Å². The van der Waals surface area contributed by atoms with Crippen molar-refractivity contribution in [2.75, 3.05) is 23.9 Å². The fourth-order valence-corrected chi connectivity index (χ4v) is 3.57. The van der Waals surface area contributed by atoms with Crippen molar-refractivity contribution in [2.45, 2.75) is 39.7 Å². The van der Waals surface area contributed by atoms with Crippen molar-refractivity contribution < 1.29 is 9.53 Å². The van der Waals surface area contributed by atoms with Crippen LogP contribution in [0.1, 0.15) is 43.9 Å². The summed E-state index contributed by atoms with van der Waals surface area (Å²) in [6.07, 6.45) is 7.43. The molecule has 0 fully saturated rings. The summed E-state index contributed by atoms with van der Waals surface area (Å²) in [5.74, 6) is 1.86. The summed E-state index contributed by atoms with van der Waals surface area (Å²) in [6.45, 7) is 6.43. The zero-order chi connectivity index (χ0) is 23.1. The van der Waals surface area contributed by atoms with Crippen LogP contribution in [0.2, 0.25) is 0 Å². The smallest absolute Gasteiger partial charge is 0.319 e. The third-order valence-electron chi connectivity index (χ3n) is 5.26. The molecule has 2 aromatic heterocycles. The highest BCUT2D eigenvalue weighted by atomic mass is 16.5. The summed E-state index contributed by atoms with van der Waals surface area (Å²) >= 11 is 0. The van der Waals surface area contributed by atoms with E-state index in [1.54, 1.807) is 25.6 Å². The van der Waals surface area contributed by atoms with Crippen molar-refractivity contribution in [3.63, 3.8) is 0 Å². The summed E-state index contributed by atoms with van der Waals surface area (Å²) in [7, 11) is 1.56. The average molecular weight is 435 g/mol. The van der Waals surface area contributed by atoms with E-state index in [0.29, 0.717) is 23.8 Å². The first kappa shape index (κ1) is 23.0. The molecule has 0 bridgehead atoms. The second-order valence-corrected chi connectivity index (χ2v) is 7.47. The molecule has 168 valence electrons. The summed E-state index contributed by atoms with van der Waals surface area (Å²) in [6, 6.07) is 9.06. The predicted octanol–water partition coefficient (Wildman–Crippen LogP) is 4.71. The van der Waals surface area contributed by atoms with Crippen LogP contribution in [0.4, 0.5) is 16.3 Å². The number of ether oxygens (including phenoxy) is 1. The van der Waals surface area contributed by atoms with Gasteiger partial charge in [-0.25, -0.2) is 14.8 Å². The SMILES string of the molecule is CCCC(Nc1nc(-c2ccc(N(CC)C(N)=O)c(OC)c2)ncc1C)c1cccnc1. The molecule has 0 saturated carbocycles. The van der Waals surface area contributed by atoms with Crippen molar-refractivity contribution in [1.29, 1.82) is 0 Å². The van der Waals surface area contributed by atoms with Crippen molar-refractivity contribution in [1.82, 2.24) is 15.0 Å². The number of nitrogens with zero attached hydrogens (tertiary/aromatic N) is 4. The van der Waals surface area contributed by atoms with Crippen LogP contribution in [-0.2, 0) is 0 Å². The van der Waals surface area contributed by atoms with Crippen molar-refractivity contribution in [2.24, 2.45) is 5.73 Å². The van der Waals surface area contributed by atoms with E-state index in [-0.39, 0.29) is 6.04 Å². The Hall–Kier alpha value is -3.68. The molecule has 3 N–H and O–H groups in total. The highest BCUT2D eigenvalue weighted by Crippen LogP contribution is 2.33. The van der Waals surface area contributed by atoms with Gasteiger partial charge in [-0.2, -0.15) is 0 Å². The molecule has 0 aliphatic rings. The zero-order valence-corrected chi connectivity index (χ0v) is 19.0. The maximum atomic E-state index is 11.8. The van der Waals surface area contributed by atoms with Crippen molar-refractivity contribution in [3.8, 4) is 17.1 Å². The summed E-state index contributed by atoms with van der Waals surface area (Å²) in [5.41, 5.74) is 8.96. The van der Waals surface area contributed by atoms with Crippen LogP contribution in [0.15, 0.2) is 48.9 Å². The Bertz CT molecular complexity index is 1060. The third kappa shape index (κ3) is 5.14. The molecule has 0 saturated heterocycles. The molecule has 1 aromatic carbocycles. The van der Waals surface area contributed by atoms with Gasteiger partial charge >= 0.3 is 6.03 Å². The van der Waals surface area contributed by atoms with Crippen LogP contribution >= 0.6 is 0 Å². The van der Waals surface area contributed by atoms with Gasteiger partial charge in [0.2, 0.25) is 0 Å². The molecule has 2 amide bonds. The average Bonchev–Trinajstić information content (AvgIpc) is 2.81. The van der Waals surface area contributed by atoms with E-state index in [1.165, 1.54) is 4.90 Å². The van der Waals surface area contributed by atoms with E-state index in [0.717, 1.165) is 35.3 Å². The molecule has 0 spiro atoms. The summed E-state index contributed by atoms with van der Waals surface area (Å²) in [5, 5.41) is 3.57. The third-order valence-corrected chi connectivity index (χ3v) is 5.26. The quantitative estimate of drug-likeness (QED) is 0.505. The van der Waals surface area contributed by atoms with Gasteiger partial charge in [0.25, 0.3) is 0 Å². The minimum atomic E-state index is -0.533. The molecule has 0 radical (unpaired) electrons. The van der Waals surface area contributed by atoms with Gasteiger partial charge in [-0.1, -0.05) is 19.4 Å². The first-order chi connectivity index (χ1) is 15.5. The second kappa shape index (κ2) is 10.6. The van der Waals surface area contributed by atoms with Gasteiger partial charge in [-0.05, 0) is 50.1 Å². The number of nitrogens with one attached hydrogen (secondary N) is 1. The van der Waals surface area contributed by atoms with Crippen molar-refractivity contribution in [3.05, 3.63) is 60.0 Å². The summed E-state index contributed by atoms with van der Waals surface area (Å²) < 4.78 is 5.52. The number of anilines is 2. The Labute approximate surface area is 188 Å². The van der Waals surface area contributed by atoms with Gasteiger partial charge in [0.1, 0.15) is 11.6 Å². The van der Waals surface area contributed by atoms with E-state index < -0.39 is 6.03 Å². The molecule has 1 unspecified atom stereocenters. The standard InChI is InChI=1S/C24H30N6O2/c1-5-8-19(18-9-7-12-26-15-18)28-22-16(3)14-27-23(29-22)17-10-11-20(21(13-17)32-4)30(6-2)24(25)31/h7,9-15,19H,5-6,8H2,1-4H3,(H2,25,31)(H,27,28,29). The van der Waals surface area contributed by atoms with Crippen LogP contribution in [0.3, 0.4) is 0 Å². The largest absolute Gasteiger partial charge is 0.495 e. The van der Waals surface area contributed by atoms with Gasteiger partial charge in [-0.15, -0.1) is 0 Å². The number of hydrogen-bond acceptors (Lipinski definition) is 6. The number of rotatable bonds is 9. The lowest BCUT2D eigenvalue weighted by Gasteiger charge is -2.22. The molecular formula is C24H30N6O2. The number of nitrogens with two attached hydrogens (primary N) is 1. The molecule has 3 rings (SSSR count). The molecule has 2 heterocycles.